The second-order valence-electron chi connectivity index (χ2n) is 5.40. The van der Waals surface area contributed by atoms with Crippen LogP contribution in [0.1, 0.15) is 49.3 Å². The molecule has 0 heterocycles. The van der Waals surface area contributed by atoms with Crippen LogP contribution in [-0.2, 0) is 4.74 Å². The maximum atomic E-state index is 10.6. The first-order valence-corrected chi connectivity index (χ1v) is 7.00. The highest BCUT2D eigenvalue weighted by Crippen LogP contribution is 2.34. The molecule has 2 nitrogen and oxygen atoms in total. The molecule has 0 bridgehead atoms. The summed E-state index contributed by atoms with van der Waals surface area (Å²) in [5, 5.41) is 10.6. The van der Waals surface area contributed by atoms with Crippen molar-refractivity contribution in [3.05, 3.63) is 35.4 Å². The topological polar surface area (TPSA) is 29.5 Å². The fraction of sp³-hybridized carbons (Fsp3) is 0.625. The number of rotatable bonds is 4. The number of ether oxygens (including phenoxy) is 1. The fourth-order valence-electron chi connectivity index (χ4n) is 3.14. The summed E-state index contributed by atoms with van der Waals surface area (Å²) in [5.41, 5.74) is 2.15. The van der Waals surface area contributed by atoms with E-state index in [1.165, 1.54) is 32.1 Å². The summed E-state index contributed by atoms with van der Waals surface area (Å²) in [6, 6.07) is 8.05. The summed E-state index contributed by atoms with van der Waals surface area (Å²) in [5.74, 6) is 0.498. The van der Waals surface area contributed by atoms with Crippen molar-refractivity contribution in [2.24, 2.45) is 5.92 Å². The number of methoxy groups -OCH3 is 1. The summed E-state index contributed by atoms with van der Waals surface area (Å²) in [6.45, 7) is 2.05. The zero-order valence-electron chi connectivity index (χ0n) is 11.4. The van der Waals surface area contributed by atoms with Gasteiger partial charge in [-0.2, -0.15) is 0 Å². The summed E-state index contributed by atoms with van der Waals surface area (Å²) >= 11 is 0. The molecule has 18 heavy (non-hydrogen) atoms. The van der Waals surface area contributed by atoms with Crippen molar-refractivity contribution in [2.45, 2.75) is 51.2 Å². The van der Waals surface area contributed by atoms with Crippen molar-refractivity contribution in [1.82, 2.24) is 0 Å². The molecule has 1 saturated carbocycles. The van der Waals surface area contributed by atoms with E-state index in [1.807, 2.05) is 31.2 Å². The monoisotopic (exact) mass is 248 g/mol. The zero-order chi connectivity index (χ0) is 13.0. The van der Waals surface area contributed by atoms with Crippen LogP contribution in [0.25, 0.3) is 0 Å². The normalized spacial score (nSPS) is 20.6. The van der Waals surface area contributed by atoms with Gasteiger partial charge in [0.25, 0.3) is 0 Å². The quantitative estimate of drug-likeness (QED) is 0.881. The van der Waals surface area contributed by atoms with E-state index in [-0.39, 0.29) is 6.10 Å². The fourth-order valence-corrected chi connectivity index (χ4v) is 3.14. The molecule has 0 amide bonds. The second kappa shape index (κ2) is 6.35. The van der Waals surface area contributed by atoms with E-state index in [4.69, 9.17) is 4.74 Å². The van der Waals surface area contributed by atoms with Crippen LogP contribution >= 0.6 is 0 Å². The molecule has 1 aliphatic carbocycles. The van der Waals surface area contributed by atoms with Crippen molar-refractivity contribution in [1.29, 1.82) is 0 Å². The first kappa shape index (κ1) is 13.6. The third-order valence-electron chi connectivity index (χ3n) is 4.20. The minimum atomic E-state index is -0.501. The SMILES string of the molecule is COC(C1CCCCC1)C(O)c1ccccc1C. The molecule has 2 heteroatoms. The molecule has 0 spiro atoms. The third-order valence-corrected chi connectivity index (χ3v) is 4.20. The van der Waals surface area contributed by atoms with Crippen LogP contribution in [0.5, 0.6) is 0 Å². The van der Waals surface area contributed by atoms with Gasteiger partial charge in [-0.15, -0.1) is 0 Å². The van der Waals surface area contributed by atoms with E-state index in [0.717, 1.165) is 11.1 Å². The molecule has 1 aromatic rings. The molecule has 1 aromatic carbocycles. The van der Waals surface area contributed by atoms with Gasteiger partial charge < -0.3 is 9.84 Å². The highest BCUT2D eigenvalue weighted by atomic mass is 16.5. The number of aliphatic hydroxyl groups excluding tert-OH is 1. The zero-order valence-corrected chi connectivity index (χ0v) is 11.4. The van der Waals surface area contributed by atoms with Crippen LogP contribution in [0.2, 0.25) is 0 Å². The molecule has 2 unspecified atom stereocenters. The largest absolute Gasteiger partial charge is 0.386 e. The van der Waals surface area contributed by atoms with E-state index in [0.29, 0.717) is 5.92 Å². The molecule has 1 N–H and O–H groups in total. The van der Waals surface area contributed by atoms with Gasteiger partial charge in [0.05, 0.1) is 6.10 Å². The number of hydrogen-bond donors (Lipinski definition) is 1. The van der Waals surface area contributed by atoms with Crippen LogP contribution < -0.4 is 0 Å². The average molecular weight is 248 g/mol. The van der Waals surface area contributed by atoms with Crippen LogP contribution in [-0.4, -0.2) is 18.3 Å². The molecule has 100 valence electrons. The van der Waals surface area contributed by atoms with E-state index < -0.39 is 6.10 Å². The van der Waals surface area contributed by atoms with Gasteiger partial charge in [-0.25, -0.2) is 0 Å². The molecule has 0 saturated heterocycles. The number of hydrogen-bond acceptors (Lipinski definition) is 2. The van der Waals surface area contributed by atoms with Crippen molar-refractivity contribution in [3.8, 4) is 0 Å². The summed E-state index contributed by atoms with van der Waals surface area (Å²) < 4.78 is 5.61. The molecule has 2 rings (SSSR count). The molecular formula is C16H24O2. The Morgan fingerprint density at radius 1 is 1.17 bits per heavy atom. The Morgan fingerprint density at radius 2 is 1.83 bits per heavy atom. The molecule has 0 aliphatic heterocycles. The van der Waals surface area contributed by atoms with Gasteiger partial charge in [0.15, 0.2) is 0 Å². The summed E-state index contributed by atoms with van der Waals surface area (Å²) in [6.07, 6.45) is 5.66. The number of aliphatic hydroxyl groups is 1. The van der Waals surface area contributed by atoms with E-state index >= 15 is 0 Å². The first-order chi connectivity index (χ1) is 8.74. The molecule has 0 aromatic heterocycles. The van der Waals surface area contributed by atoms with Gasteiger partial charge in [0.1, 0.15) is 6.10 Å². The minimum Gasteiger partial charge on any atom is -0.386 e. The minimum absolute atomic E-state index is 0.0635. The lowest BCUT2D eigenvalue weighted by molar-refractivity contribution is -0.0561. The maximum absolute atomic E-state index is 10.6. The molecule has 1 aliphatic rings. The van der Waals surface area contributed by atoms with Gasteiger partial charge >= 0.3 is 0 Å². The number of aryl methyl sites for hydroxylation is 1. The van der Waals surface area contributed by atoms with Crippen molar-refractivity contribution in [3.63, 3.8) is 0 Å². The van der Waals surface area contributed by atoms with E-state index in [1.54, 1.807) is 7.11 Å². The van der Waals surface area contributed by atoms with Crippen molar-refractivity contribution in [2.75, 3.05) is 7.11 Å². The van der Waals surface area contributed by atoms with Crippen molar-refractivity contribution < 1.29 is 9.84 Å². The van der Waals surface area contributed by atoms with Gasteiger partial charge in [-0.3, -0.25) is 0 Å². The predicted molar refractivity (Wildman–Crippen MR) is 73.5 cm³/mol. The summed E-state index contributed by atoms with van der Waals surface area (Å²) in [4.78, 5) is 0. The lowest BCUT2D eigenvalue weighted by Gasteiger charge is -2.33. The van der Waals surface area contributed by atoms with Gasteiger partial charge in [0.2, 0.25) is 0 Å². The first-order valence-electron chi connectivity index (χ1n) is 7.00. The Bertz CT molecular complexity index is 369. The Labute approximate surface area is 110 Å². The Hall–Kier alpha value is -0.860. The standard InChI is InChI=1S/C16H24O2/c1-12-8-6-7-11-14(12)15(17)16(18-2)13-9-4-3-5-10-13/h6-8,11,13,15-17H,3-5,9-10H2,1-2H3. The maximum Gasteiger partial charge on any atom is 0.106 e. The molecular weight excluding hydrogens is 224 g/mol. The Morgan fingerprint density at radius 3 is 2.44 bits per heavy atom. The Balaban J connectivity index is 2.14. The smallest absolute Gasteiger partial charge is 0.106 e. The summed E-state index contributed by atoms with van der Waals surface area (Å²) in [7, 11) is 1.72. The van der Waals surface area contributed by atoms with Gasteiger partial charge in [-0.05, 0) is 36.8 Å². The van der Waals surface area contributed by atoms with E-state index in [2.05, 4.69) is 0 Å². The lowest BCUT2D eigenvalue weighted by Crippen LogP contribution is -2.31. The number of benzene rings is 1. The Kier molecular flexibility index (Phi) is 4.79. The highest BCUT2D eigenvalue weighted by Gasteiger charge is 2.30. The highest BCUT2D eigenvalue weighted by molar-refractivity contribution is 5.28. The molecule has 1 fully saturated rings. The molecule has 2 atom stereocenters. The van der Waals surface area contributed by atoms with Crippen LogP contribution in [0.15, 0.2) is 24.3 Å². The van der Waals surface area contributed by atoms with Crippen LogP contribution in [0.4, 0.5) is 0 Å². The molecule has 0 radical (unpaired) electrons. The van der Waals surface area contributed by atoms with Crippen molar-refractivity contribution >= 4 is 0 Å². The van der Waals surface area contributed by atoms with Gasteiger partial charge in [0, 0.05) is 7.11 Å². The predicted octanol–water partition coefficient (Wildman–Crippen LogP) is 3.62. The average Bonchev–Trinajstić information content (AvgIpc) is 2.41. The second-order valence-corrected chi connectivity index (χ2v) is 5.40. The van der Waals surface area contributed by atoms with Gasteiger partial charge in [-0.1, -0.05) is 43.5 Å². The van der Waals surface area contributed by atoms with Crippen LogP contribution in [0, 0.1) is 12.8 Å². The third kappa shape index (κ3) is 2.93. The van der Waals surface area contributed by atoms with E-state index in [9.17, 15) is 5.11 Å². The van der Waals surface area contributed by atoms with Crippen LogP contribution in [0.3, 0.4) is 0 Å². The lowest BCUT2D eigenvalue weighted by atomic mass is 9.81.